The Bertz CT molecular complexity index is 955. The minimum absolute atomic E-state index is 0.00399. The molecule has 2 fully saturated rings. The molecule has 0 radical (unpaired) electrons. The summed E-state index contributed by atoms with van der Waals surface area (Å²) in [6.45, 7) is 4.22. The Morgan fingerprint density at radius 2 is 1.81 bits per heavy atom. The summed E-state index contributed by atoms with van der Waals surface area (Å²) < 4.78 is 39.6. The third kappa shape index (κ3) is 9.23. The van der Waals surface area contributed by atoms with Crippen LogP contribution in [0.3, 0.4) is 0 Å². The zero-order valence-corrected chi connectivity index (χ0v) is 22.4. The minimum Gasteiger partial charge on any atom is -0.356 e. The van der Waals surface area contributed by atoms with E-state index in [0.29, 0.717) is 42.2 Å². The van der Waals surface area contributed by atoms with Gasteiger partial charge in [-0.2, -0.15) is 24.9 Å². The fraction of sp³-hybridized carbons (Fsp3) is 0.667. The number of rotatable bonds is 14. The molecule has 6 nitrogen and oxygen atoms in total. The Labute approximate surface area is 221 Å². The van der Waals surface area contributed by atoms with Gasteiger partial charge in [0.05, 0.1) is 17.6 Å². The van der Waals surface area contributed by atoms with E-state index in [1.165, 1.54) is 0 Å². The number of benzene rings is 1. The monoisotopic (exact) mass is 541 g/mol. The summed E-state index contributed by atoms with van der Waals surface area (Å²) in [5.74, 6) is 0.830. The molecule has 206 valence electrons. The first-order valence-corrected chi connectivity index (χ1v) is 14.3. The summed E-state index contributed by atoms with van der Waals surface area (Å²) in [5, 5.41) is 9.23. The average Bonchev–Trinajstić information content (AvgIpc) is 3.37. The van der Waals surface area contributed by atoms with Crippen molar-refractivity contribution in [2.45, 2.75) is 101 Å². The van der Waals surface area contributed by atoms with Gasteiger partial charge in [0.1, 0.15) is 5.78 Å². The van der Waals surface area contributed by atoms with E-state index in [0.717, 1.165) is 50.0 Å². The van der Waals surface area contributed by atoms with Crippen molar-refractivity contribution in [2.75, 3.05) is 12.3 Å². The summed E-state index contributed by atoms with van der Waals surface area (Å²) in [7, 11) is 0. The number of unbranched alkanes of at least 4 members (excludes halogenated alkanes) is 3. The van der Waals surface area contributed by atoms with Crippen LogP contribution in [0, 0.1) is 0 Å². The number of fused-ring (bicyclic) bond motifs is 1. The van der Waals surface area contributed by atoms with Gasteiger partial charge < -0.3 is 16.0 Å². The second kappa shape index (κ2) is 13.5. The summed E-state index contributed by atoms with van der Waals surface area (Å²) >= 11 is 1.88. The predicted molar refractivity (Wildman–Crippen MR) is 140 cm³/mol. The lowest BCUT2D eigenvalue weighted by Gasteiger charge is -2.16. The highest BCUT2D eigenvalue weighted by atomic mass is 32.2. The van der Waals surface area contributed by atoms with Crippen molar-refractivity contribution in [1.82, 2.24) is 16.0 Å². The Balaban J connectivity index is 1.24. The maximum Gasteiger partial charge on any atom is 0.416 e. The van der Waals surface area contributed by atoms with E-state index >= 15 is 0 Å². The summed E-state index contributed by atoms with van der Waals surface area (Å²) in [5.41, 5.74) is 0.286. The first-order chi connectivity index (χ1) is 17.5. The number of hydrogen-bond donors (Lipinski definition) is 3. The summed E-state index contributed by atoms with van der Waals surface area (Å²) in [6.07, 6.45) is 1.28. The van der Waals surface area contributed by atoms with Crippen molar-refractivity contribution >= 4 is 29.5 Å². The molecule has 0 bridgehead atoms. The van der Waals surface area contributed by atoms with Crippen LogP contribution in [0.25, 0.3) is 0 Å². The minimum atomic E-state index is -4.43. The molecule has 1 aromatic carbocycles. The molecule has 0 aliphatic carbocycles. The quantitative estimate of drug-likeness (QED) is 0.219. The smallest absolute Gasteiger partial charge is 0.356 e. The maximum absolute atomic E-state index is 13.2. The Morgan fingerprint density at radius 1 is 1.05 bits per heavy atom. The van der Waals surface area contributed by atoms with Gasteiger partial charge in [0, 0.05) is 36.8 Å². The number of nitrogens with one attached hydrogen (secondary N) is 3. The summed E-state index contributed by atoms with van der Waals surface area (Å²) in [4.78, 5) is 35.8. The first-order valence-electron chi connectivity index (χ1n) is 13.2. The number of amides is 3. The molecular formula is C27H38F3N3O3S. The molecule has 0 saturated carbocycles. The summed E-state index contributed by atoms with van der Waals surface area (Å²) in [6, 6.07) is 4.26. The Morgan fingerprint density at radius 3 is 2.54 bits per heavy atom. The second-order valence-electron chi connectivity index (χ2n) is 10.4. The van der Waals surface area contributed by atoms with Gasteiger partial charge in [0.25, 0.3) is 0 Å². The van der Waals surface area contributed by atoms with E-state index in [1.54, 1.807) is 6.07 Å². The molecule has 2 saturated heterocycles. The fourth-order valence-electron chi connectivity index (χ4n) is 4.85. The van der Waals surface area contributed by atoms with Crippen LogP contribution in [0.5, 0.6) is 0 Å². The van der Waals surface area contributed by atoms with E-state index in [2.05, 4.69) is 16.0 Å². The van der Waals surface area contributed by atoms with Crippen molar-refractivity contribution in [2.24, 2.45) is 0 Å². The molecule has 2 heterocycles. The van der Waals surface area contributed by atoms with Crippen molar-refractivity contribution in [3.8, 4) is 0 Å². The second-order valence-corrected chi connectivity index (χ2v) is 11.6. The van der Waals surface area contributed by atoms with E-state index < -0.39 is 11.7 Å². The number of thioether (sulfide) groups is 1. The van der Waals surface area contributed by atoms with E-state index in [1.807, 2.05) is 25.6 Å². The third-order valence-electron chi connectivity index (χ3n) is 6.95. The van der Waals surface area contributed by atoms with Crippen molar-refractivity contribution in [3.63, 3.8) is 0 Å². The molecule has 3 rings (SSSR count). The highest BCUT2D eigenvalue weighted by Gasteiger charge is 2.42. The van der Waals surface area contributed by atoms with Crippen molar-refractivity contribution < 1.29 is 27.6 Å². The van der Waals surface area contributed by atoms with Gasteiger partial charge in [-0.3, -0.25) is 9.59 Å². The van der Waals surface area contributed by atoms with Crippen molar-refractivity contribution in [3.05, 3.63) is 34.9 Å². The Hall–Kier alpha value is -2.23. The molecule has 3 N–H and O–H groups in total. The molecular weight excluding hydrogens is 503 g/mol. The highest BCUT2D eigenvalue weighted by molar-refractivity contribution is 8.00. The number of alkyl halides is 3. The number of Topliss-reactive ketones (excluding diaryl/α,β-unsaturated/α-hetero) is 1. The normalized spacial score (nSPS) is 21.0. The number of carbonyl (C=O) groups excluding carboxylic acids is 3. The largest absolute Gasteiger partial charge is 0.416 e. The molecule has 2 aliphatic heterocycles. The molecule has 2 aliphatic rings. The molecule has 37 heavy (non-hydrogen) atoms. The van der Waals surface area contributed by atoms with Crippen LogP contribution >= 0.6 is 11.8 Å². The molecule has 3 amide bonds. The molecule has 3 unspecified atom stereocenters. The Kier molecular flexibility index (Phi) is 10.7. The number of hydrogen-bond acceptors (Lipinski definition) is 4. The lowest BCUT2D eigenvalue weighted by atomic mass is 9.94. The number of halogens is 3. The van der Waals surface area contributed by atoms with Crippen LogP contribution in [0.1, 0.15) is 87.8 Å². The zero-order chi connectivity index (χ0) is 27.0. The van der Waals surface area contributed by atoms with E-state index in [4.69, 9.17) is 0 Å². The molecule has 0 aromatic heterocycles. The molecule has 0 spiro atoms. The van der Waals surface area contributed by atoms with Gasteiger partial charge in [-0.15, -0.1) is 0 Å². The zero-order valence-electron chi connectivity index (χ0n) is 21.6. The van der Waals surface area contributed by atoms with E-state index in [9.17, 15) is 27.6 Å². The number of ketones is 1. The van der Waals surface area contributed by atoms with Crippen LogP contribution < -0.4 is 16.0 Å². The lowest BCUT2D eigenvalue weighted by molar-refractivity contribution is -0.137. The maximum atomic E-state index is 13.2. The average molecular weight is 542 g/mol. The van der Waals surface area contributed by atoms with Crippen molar-refractivity contribution in [1.29, 1.82) is 0 Å². The van der Waals surface area contributed by atoms with Gasteiger partial charge in [0.15, 0.2) is 0 Å². The molecule has 3 atom stereocenters. The fourth-order valence-corrected chi connectivity index (χ4v) is 6.39. The number of carbonyl (C=O) groups is 3. The topological polar surface area (TPSA) is 87.3 Å². The molecule has 10 heteroatoms. The standard InChI is InChI=1S/C27H38F3N3O3S/c1-17(2)19-12-18(13-20(15-19)27(28,29)30)14-21(34)8-4-3-7-11-31-24(35)10-6-5-9-23-25-22(16-37-23)32-26(36)33-25/h12-13,15,17,22-23,25H,3-11,14,16H2,1-2H3,(H,31,35)(H2,32,33,36). The van der Waals surface area contributed by atoms with Gasteiger partial charge in [0.2, 0.25) is 5.91 Å². The van der Waals surface area contributed by atoms with Crippen LogP contribution in [-0.4, -0.2) is 47.4 Å². The van der Waals surface area contributed by atoms with Gasteiger partial charge in [-0.1, -0.05) is 32.8 Å². The van der Waals surface area contributed by atoms with Crippen LogP contribution in [0.2, 0.25) is 0 Å². The number of urea groups is 1. The third-order valence-corrected chi connectivity index (χ3v) is 8.45. The van der Waals surface area contributed by atoms with E-state index in [-0.39, 0.29) is 42.1 Å². The lowest BCUT2D eigenvalue weighted by Crippen LogP contribution is -2.36. The van der Waals surface area contributed by atoms with Gasteiger partial charge in [-0.25, -0.2) is 4.79 Å². The van der Waals surface area contributed by atoms with Crippen LogP contribution in [0.15, 0.2) is 18.2 Å². The predicted octanol–water partition coefficient (Wildman–Crippen LogP) is 5.34. The SMILES string of the molecule is CC(C)c1cc(CC(=O)CCCCCNC(=O)CCCCC2SCC3NC(=O)NC32)cc(C(F)(F)F)c1. The van der Waals surface area contributed by atoms with Crippen LogP contribution in [0.4, 0.5) is 18.0 Å². The molecule has 1 aromatic rings. The highest BCUT2D eigenvalue weighted by Crippen LogP contribution is 2.34. The van der Waals surface area contributed by atoms with Gasteiger partial charge in [-0.05, 0) is 54.9 Å². The van der Waals surface area contributed by atoms with Crippen LogP contribution in [-0.2, 0) is 22.2 Å². The first kappa shape index (κ1) is 29.3. The van der Waals surface area contributed by atoms with Gasteiger partial charge >= 0.3 is 12.2 Å².